The first-order valence-corrected chi connectivity index (χ1v) is 8.70. The summed E-state index contributed by atoms with van der Waals surface area (Å²) in [4.78, 5) is 0. The summed E-state index contributed by atoms with van der Waals surface area (Å²) in [5.41, 5.74) is -34.2. The summed E-state index contributed by atoms with van der Waals surface area (Å²) in [6.07, 6.45) is -50.1. The number of ether oxygens (including phenoxy) is 1. The van der Waals surface area contributed by atoms with Crippen LogP contribution >= 0.6 is 0 Å². The third kappa shape index (κ3) is 5.39. The second kappa shape index (κ2) is 9.83. The Hall–Kier alpha value is -1.86. The van der Waals surface area contributed by atoms with Crippen molar-refractivity contribution in [2.45, 2.75) is 71.6 Å². The van der Waals surface area contributed by atoms with Crippen LogP contribution in [0, 0.1) is 0 Å². The largest absolute Gasteiger partial charge is 0.457 e. The zero-order valence-electron chi connectivity index (χ0n) is 17.6. The molecule has 0 amide bonds. The van der Waals surface area contributed by atoms with Crippen LogP contribution < -0.4 is 0 Å². The Labute approximate surface area is 205 Å². The molecular formula is C14H4F26O. The van der Waals surface area contributed by atoms with Gasteiger partial charge in [-0.2, -0.15) is 96.6 Å². The van der Waals surface area contributed by atoms with Crippen LogP contribution in [-0.4, -0.2) is 84.8 Å². The van der Waals surface area contributed by atoms with Gasteiger partial charge in [-0.15, -0.1) is 0 Å². The minimum Gasteiger partial charge on any atom is -0.374 e. The van der Waals surface area contributed by atoms with Crippen LogP contribution in [0.5, 0.6) is 0 Å². The maximum atomic E-state index is 14.5. The van der Waals surface area contributed by atoms with Crippen LogP contribution in [0.15, 0.2) is 0 Å². The smallest absolute Gasteiger partial charge is 0.374 e. The lowest BCUT2D eigenvalue weighted by Gasteiger charge is -2.46. The predicted molar refractivity (Wildman–Crippen MR) is 72.4 cm³/mol. The summed E-state index contributed by atoms with van der Waals surface area (Å²) in [6, 6.07) is 0. The van der Waals surface area contributed by atoms with Gasteiger partial charge in [0, 0.05) is 0 Å². The van der Waals surface area contributed by atoms with E-state index in [-0.39, 0.29) is 0 Å². The molecule has 0 rings (SSSR count). The van der Waals surface area contributed by atoms with Crippen molar-refractivity contribution in [3.05, 3.63) is 0 Å². The summed E-state index contributed by atoms with van der Waals surface area (Å²) >= 11 is 0. The third-order valence-corrected chi connectivity index (χ3v) is 4.96. The van der Waals surface area contributed by atoms with Gasteiger partial charge >= 0.3 is 60.2 Å². The maximum absolute atomic E-state index is 14.5. The summed E-state index contributed by atoms with van der Waals surface area (Å²) in [5.74, 6) is -17.1. The molecule has 1 nitrogen and oxygen atoms in total. The Morgan fingerprint density at radius 1 is 0.268 bits per heavy atom. The highest BCUT2D eigenvalue weighted by molar-refractivity contribution is 5.20. The highest BCUT2D eigenvalue weighted by Crippen LogP contribution is 2.64. The first kappa shape index (κ1) is 39.1. The normalized spacial score (nSPS) is 19.2. The summed E-state index contributed by atoms with van der Waals surface area (Å²) < 4.78 is 341. The molecular weight excluding hydrogens is 678 g/mol. The van der Waals surface area contributed by atoms with Gasteiger partial charge in [0.05, 0.1) is 13.2 Å². The van der Waals surface area contributed by atoms with E-state index in [1.165, 1.54) is 0 Å². The van der Waals surface area contributed by atoms with Gasteiger partial charge in [-0.05, 0) is 0 Å². The van der Waals surface area contributed by atoms with Crippen molar-refractivity contribution in [1.29, 1.82) is 0 Å². The Morgan fingerprint density at radius 3 is 0.561 bits per heavy atom. The maximum Gasteiger partial charge on any atom is 0.457 e. The molecule has 0 aromatic heterocycles. The van der Waals surface area contributed by atoms with E-state index in [2.05, 4.69) is 4.74 Å². The number of hydrogen-bond acceptors (Lipinski definition) is 1. The van der Waals surface area contributed by atoms with Crippen molar-refractivity contribution in [3.63, 3.8) is 0 Å². The van der Waals surface area contributed by atoms with Gasteiger partial charge in [0.25, 0.3) is 11.3 Å². The van der Waals surface area contributed by atoms with Crippen molar-refractivity contribution in [1.82, 2.24) is 0 Å². The molecule has 0 fully saturated rings. The topological polar surface area (TPSA) is 9.23 Å². The monoisotopic (exact) mass is 682 g/mol. The Kier molecular flexibility index (Phi) is 9.39. The van der Waals surface area contributed by atoms with E-state index in [1.807, 2.05) is 0 Å². The fourth-order valence-electron chi connectivity index (χ4n) is 2.81. The first-order chi connectivity index (χ1) is 17.2. The van der Waals surface area contributed by atoms with E-state index >= 15 is 0 Å². The molecule has 2 unspecified atom stereocenters. The molecule has 0 aliphatic heterocycles. The van der Waals surface area contributed by atoms with Gasteiger partial charge in [-0.1, -0.05) is 0 Å². The van der Waals surface area contributed by atoms with Crippen LogP contribution in [-0.2, 0) is 4.74 Å². The standard InChI is InChI=1S/C14H4F26O/c15-3(7(19,20)13(35,36)37,5(17,9(23,24)25)10(26,27)28)1-41-2-4(16,8(21,22)14(38,39)40)6(18,11(29,30)31)12(32,33)34/h1-2H2. The van der Waals surface area contributed by atoms with Gasteiger partial charge in [0.15, 0.2) is 0 Å². The predicted octanol–water partition coefficient (Wildman–Crippen LogP) is 8.48. The number of rotatable bonds is 8. The van der Waals surface area contributed by atoms with E-state index < -0.39 is 84.8 Å². The number of halogens is 26. The summed E-state index contributed by atoms with van der Waals surface area (Å²) in [7, 11) is 0. The van der Waals surface area contributed by atoms with Crippen LogP contribution in [0.25, 0.3) is 0 Å². The average Bonchev–Trinajstić information content (AvgIpc) is 2.66. The summed E-state index contributed by atoms with van der Waals surface area (Å²) in [5, 5.41) is 0. The summed E-state index contributed by atoms with van der Waals surface area (Å²) in [6.45, 7) is -10.1. The molecule has 0 bridgehead atoms. The van der Waals surface area contributed by atoms with Crippen LogP contribution in [0.3, 0.4) is 0 Å². The molecule has 0 aliphatic carbocycles. The van der Waals surface area contributed by atoms with E-state index in [1.54, 1.807) is 0 Å². The van der Waals surface area contributed by atoms with E-state index in [0.717, 1.165) is 0 Å². The van der Waals surface area contributed by atoms with Gasteiger partial charge < -0.3 is 4.74 Å². The first-order valence-electron chi connectivity index (χ1n) is 8.70. The quantitative estimate of drug-likeness (QED) is 0.234. The second-order valence-corrected chi connectivity index (χ2v) is 7.55. The zero-order chi connectivity index (χ0) is 34.1. The molecule has 0 saturated carbocycles. The number of hydrogen-bond donors (Lipinski definition) is 0. The Balaban J connectivity index is 7.62. The van der Waals surface area contributed by atoms with Crippen molar-refractivity contribution in [2.75, 3.05) is 13.2 Å². The van der Waals surface area contributed by atoms with Crippen molar-refractivity contribution >= 4 is 0 Å². The molecule has 0 N–H and O–H groups in total. The molecule has 0 saturated heterocycles. The molecule has 2 atom stereocenters. The van der Waals surface area contributed by atoms with Gasteiger partial charge in [0.2, 0.25) is 0 Å². The average molecular weight is 682 g/mol. The highest BCUT2D eigenvalue weighted by atomic mass is 19.5. The molecule has 0 aromatic carbocycles. The van der Waals surface area contributed by atoms with Crippen molar-refractivity contribution < 1.29 is 119 Å². The van der Waals surface area contributed by atoms with Gasteiger partial charge in [-0.3, -0.25) is 0 Å². The van der Waals surface area contributed by atoms with Crippen LogP contribution in [0.1, 0.15) is 0 Å². The Morgan fingerprint density at radius 2 is 0.439 bits per heavy atom. The van der Waals surface area contributed by atoms with Crippen LogP contribution in [0.4, 0.5) is 114 Å². The highest BCUT2D eigenvalue weighted by Gasteiger charge is 2.94. The van der Waals surface area contributed by atoms with Gasteiger partial charge in [-0.25, -0.2) is 17.6 Å². The fraction of sp³-hybridized carbons (Fsp3) is 1.00. The molecule has 27 heteroatoms. The molecule has 0 aliphatic rings. The lowest BCUT2D eigenvalue weighted by Crippen LogP contribution is -2.78. The van der Waals surface area contributed by atoms with Crippen molar-refractivity contribution in [3.8, 4) is 0 Å². The molecule has 0 radical (unpaired) electrons. The van der Waals surface area contributed by atoms with Crippen molar-refractivity contribution in [2.24, 2.45) is 0 Å². The van der Waals surface area contributed by atoms with E-state index in [0.29, 0.717) is 0 Å². The number of alkyl halides is 26. The fourth-order valence-corrected chi connectivity index (χ4v) is 2.81. The zero-order valence-corrected chi connectivity index (χ0v) is 17.6. The molecule has 41 heavy (non-hydrogen) atoms. The minimum absolute atomic E-state index is 2.21. The molecule has 0 spiro atoms. The SMILES string of the molecule is FC(F)(F)C(F)(F)C(F)(COCC(F)(C(F)(F)C(F)(F)F)C(F)(C(F)(F)F)C(F)(F)F)C(F)(C(F)(F)F)C(F)(F)F. The third-order valence-electron chi connectivity index (χ3n) is 4.96. The van der Waals surface area contributed by atoms with E-state index in [9.17, 15) is 114 Å². The minimum atomic E-state index is -8.72. The van der Waals surface area contributed by atoms with Gasteiger partial charge in [0.1, 0.15) is 0 Å². The molecule has 0 heterocycles. The lowest BCUT2D eigenvalue weighted by atomic mass is 9.78. The lowest BCUT2D eigenvalue weighted by molar-refractivity contribution is -0.443. The molecule has 0 aromatic rings. The van der Waals surface area contributed by atoms with Crippen LogP contribution in [0.2, 0.25) is 0 Å². The Bertz CT molecular complexity index is 807. The van der Waals surface area contributed by atoms with E-state index in [4.69, 9.17) is 0 Å². The second-order valence-electron chi connectivity index (χ2n) is 7.55. The molecule has 248 valence electrons.